The molecule has 2 nitrogen and oxygen atoms in total. The molecule has 2 heteroatoms. The molecule has 1 atom stereocenters. The molecular formula is C11H13O2. The lowest BCUT2D eigenvalue weighted by Crippen LogP contribution is -2.16. The minimum absolute atomic E-state index is 0.250. The Morgan fingerprint density at radius 2 is 2.15 bits per heavy atom. The van der Waals surface area contributed by atoms with Crippen LogP contribution >= 0.6 is 0 Å². The third-order valence-electron chi connectivity index (χ3n) is 2.06. The van der Waals surface area contributed by atoms with E-state index in [2.05, 4.69) is 6.42 Å². The molecule has 0 saturated carbocycles. The van der Waals surface area contributed by atoms with E-state index < -0.39 is 0 Å². The summed E-state index contributed by atoms with van der Waals surface area (Å²) in [4.78, 5) is 0. The van der Waals surface area contributed by atoms with Crippen molar-refractivity contribution in [1.82, 2.24) is 0 Å². The van der Waals surface area contributed by atoms with Gasteiger partial charge >= 0.3 is 0 Å². The van der Waals surface area contributed by atoms with Crippen LogP contribution in [-0.2, 0) is 4.74 Å². The molecule has 1 aromatic rings. The quantitative estimate of drug-likeness (QED) is 0.703. The van der Waals surface area contributed by atoms with E-state index in [4.69, 9.17) is 9.47 Å². The fraction of sp³-hybridized carbons (Fsp3) is 0.364. The van der Waals surface area contributed by atoms with E-state index in [1.54, 1.807) is 0 Å². The van der Waals surface area contributed by atoms with Crippen molar-refractivity contribution in [2.45, 2.75) is 12.5 Å². The Hall–Kier alpha value is -1.02. The minimum atomic E-state index is 0.250. The van der Waals surface area contributed by atoms with Crippen molar-refractivity contribution in [3.05, 3.63) is 36.8 Å². The van der Waals surface area contributed by atoms with Crippen molar-refractivity contribution in [3.8, 4) is 5.75 Å². The molecule has 1 aliphatic heterocycles. The first kappa shape index (κ1) is 8.57. The Morgan fingerprint density at radius 1 is 1.31 bits per heavy atom. The van der Waals surface area contributed by atoms with Gasteiger partial charge in [0.2, 0.25) is 0 Å². The van der Waals surface area contributed by atoms with Crippen molar-refractivity contribution < 1.29 is 9.47 Å². The van der Waals surface area contributed by atoms with Crippen LogP contribution < -0.4 is 4.74 Å². The summed E-state index contributed by atoms with van der Waals surface area (Å²) in [6.07, 6.45) is 3.39. The van der Waals surface area contributed by atoms with Crippen LogP contribution in [0.2, 0.25) is 0 Å². The molecule has 1 saturated heterocycles. The predicted molar refractivity (Wildman–Crippen MR) is 50.6 cm³/mol. The standard InChI is InChI=1S/C11H13O2/c1-2-5-10(6-3-1)13-9-11-7-4-8-12-11/h1-6,11H,7-9H2. The fourth-order valence-electron chi connectivity index (χ4n) is 1.35. The van der Waals surface area contributed by atoms with Gasteiger partial charge < -0.3 is 9.47 Å². The van der Waals surface area contributed by atoms with Crippen molar-refractivity contribution in [2.24, 2.45) is 0 Å². The van der Waals surface area contributed by atoms with Crippen molar-refractivity contribution in [1.29, 1.82) is 0 Å². The summed E-state index contributed by atoms with van der Waals surface area (Å²) >= 11 is 0. The minimum Gasteiger partial charge on any atom is -0.491 e. The Morgan fingerprint density at radius 3 is 2.85 bits per heavy atom. The number of rotatable bonds is 3. The average Bonchev–Trinajstić information content (AvgIpc) is 2.69. The lowest BCUT2D eigenvalue weighted by atomic mass is 10.2. The van der Waals surface area contributed by atoms with Gasteiger partial charge in [-0.25, -0.2) is 0 Å². The Kier molecular flexibility index (Phi) is 2.82. The molecule has 1 heterocycles. The summed E-state index contributed by atoms with van der Waals surface area (Å²) in [6.45, 7) is 1.42. The summed E-state index contributed by atoms with van der Waals surface area (Å²) < 4.78 is 10.9. The predicted octanol–water partition coefficient (Wildman–Crippen LogP) is 2.06. The highest BCUT2D eigenvalue weighted by Crippen LogP contribution is 2.14. The second kappa shape index (κ2) is 4.28. The number of benzene rings is 1. The lowest BCUT2D eigenvalue weighted by molar-refractivity contribution is 0.0692. The Balaban J connectivity index is 1.79. The molecule has 0 bridgehead atoms. The summed E-state index contributed by atoms with van der Waals surface area (Å²) in [6, 6.07) is 9.83. The van der Waals surface area contributed by atoms with Crippen LogP contribution in [0.1, 0.15) is 6.42 Å². The van der Waals surface area contributed by atoms with Crippen LogP contribution in [-0.4, -0.2) is 19.3 Å². The highest BCUT2D eigenvalue weighted by Gasteiger charge is 2.15. The van der Waals surface area contributed by atoms with Crippen LogP contribution in [0, 0.1) is 6.42 Å². The molecule has 1 fully saturated rings. The zero-order valence-electron chi connectivity index (χ0n) is 7.48. The van der Waals surface area contributed by atoms with E-state index in [0.29, 0.717) is 6.61 Å². The molecule has 69 valence electrons. The summed E-state index contributed by atoms with van der Waals surface area (Å²) in [5.74, 6) is 0.915. The zero-order chi connectivity index (χ0) is 8.93. The smallest absolute Gasteiger partial charge is 0.119 e. The maximum absolute atomic E-state index is 5.54. The first-order valence-electron chi connectivity index (χ1n) is 4.56. The van der Waals surface area contributed by atoms with Gasteiger partial charge in [-0.1, -0.05) is 18.2 Å². The number of hydrogen-bond donors (Lipinski definition) is 0. The van der Waals surface area contributed by atoms with Crippen LogP contribution in [0.25, 0.3) is 0 Å². The SMILES string of the molecule is [CH]1COC(COc2ccccc2)C1. The number of hydrogen-bond acceptors (Lipinski definition) is 2. The maximum Gasteiger partial charge on any atom is 0.119 e. The second-order valence-corrected chi connectivity index (χ2v) is 3.10. The maximum atomic E-state index is 5.54. The first-order chi connectivity index (χ1) is 6.45. The molecule has 0 N–H and O–H groups in total. The molecule has 1 aliphatic rings. The van der Waals surface area contributed by atoms with Gasteiger partial charge in [-0.2, -0.15) is 0 Å². The number of para-hydroxylation sites is 1. The topological polar surface area (TPSA) is 18.5 Å². The van der Waals surface area contributed by atoms with E-state index in [9.17, 15) is 0 Å². The van der Waals surface area contributed by atoms with Crippen LogP contribution in [0.3, 0.4) is 0 Å². The Labute approximate surface area is 78.5 Å². The second-order valence-electron chi connectivity index (χ2n) is 3.10. The monoisotopic (exact) mass is 177 g/mol. The van der Waals surface area contributed by atoms with E-state index in [-0.39, 0.29) is 6.10 Å². The third-order valence-corrected chi connectivity index (χ3v) is 2.06. The van der Waals surface area contributed by atoms with Crippen LogP contribution in [0.15, 0.2) is 30.3 Å². The summed E-state index contributed by atoms with van der Waals surface area (Å²) in [5.41, 5.74) is 0. The molecular weight excluding hydrogens is 164 g/mol. The normalized spacial score (nSPS) is 21.7. The van der Waals surface area contributed by atoms with Crippen molar-refractivity contribution in [2.75, 3.05) is 13.2 Å². The lowest BCUT2D eigenvalue weighted by Gasteiger charge is -2.10. The molecule has 1 aromatic carbocycles. The fourth-order valence-corrected chi connectivity index (χ4v) is 1.35. The van der Waals surface area contributed by atoms with Gasteiger partial charge in [-0.3, -0.25) is 0 Å². The molecule has 2 rings (SSSR count). The molecule has 0 aromatic heterocycles. The number of ether oxygens (including phenoxy) is 2. The van der Waals surface area contributed by atoms with Crippen molar-refractivity contribution in [3.63, 3.8) is 0 Å². The van der Waals surface area contributed by atoms with Gasteiger partial charge in [0.15, 0.2) is 0 Å². The third kappa shape index (κ3) is 2.46. The average molecular weight is 177 g/mol. The van der Waals surface area contributed by atoms with Gasteiger partial charge in [0, 0.05) is 0 Å². The van der Waals surface area contributed by atoms with Crippen LogP contribution in [0.5, 0.6) is 5.75 Å². The van der Waals surface area contributed by atoms with Gasteiger partial charge in [-0.05, 0) is 25.0 Å². The van der Waals surface area contributed by atoms with E-state index in [0.717, 1.165) is 18.8 Å². The highest BCUT2D eigenvalue weighted by molar-refractivity contribution is 5.20. The molecule has 13 heavy (non-hydrogen) atoms. The van der Waals surface area contributed by atoms with Gasteiger partial charge in [-0.15, -0.1) is 0 Å². The zero-order valence-corrected chi connectivity index (χ0v) is 7.48. The Bertz CT molecular complexity index is 240. The molecule has 0 amide bonds. The van der Waals surface area contributed by atoms with E-state index >= 15 is 0 Å². The van der Waals surface area contributed by atoms with Crippen molar-refractivity contribution >= 4 is 0 Å². The summed E-state index contributed by atoms with van der Waals surface area (Å²) in [7, 11) is 0. The largest absolute Gasteiger partial charge is 0.491 e. The molecule has 1 radical (unpaired) electrons. The van der Waals surface area contributed by atoms with E-state index in [1.165, 1.54) is 0 Å². The molecule has 1 unspecified atom stereocenters. The van der Waals surface area contributed by atoms with Gasteiger partial charge in [0.25, 0.3) is 0 Å². The van der Waals surface area contributed by atoms with Crippen LogP contribution in [0.4, 0.5) is 0 Å². The molecule has 0 spiro atoms. The van der Waals surface area contributed by atoms with Gasteiger partial charge in [0.1, 0.15) is 12.4 Å². The summed E-state index contributed by atoms with van der Waals surface area (Å²) in [5, 5.41) is 0. The molecule has 0 aliphatic carbocycles. The van der Waals surface area contributed by atoms with Gasteiger partial charge in [0.05, 0.1) is 12.7 Å². The highest BCUT2D eigenvalue weighted by atomic mass is 16.5. The first-order valence-corrected chi connectivity index (χ1v) is 4.56. The van der Waals surface area contributed by atoms with E-state index in [1.807, 2.05) is 30.3 Å².